The molecule has 3 rings (SSSR count). The molecule has 3 aliphatic carbocycles. The van der Waals surface area contributed by atoms with Crippen LogP contribution in [0.4, 0.5) is 0 Å². The molecule has 5 unspecified atom stereocenters. The SMILES string of the molecule is CC1CC2CC3CC(C=O)CC23C1. The van der Waals surface area contributed by atoms with Gasteiger partial charge in [-0.3, -0.25) is 0 Å². The quantitative estimate of drug-likeness (QED) is 0.564. The summed E-state index contributed by atoms with van der Waals surface area (Å²) in [5.41, 5.74) is 0.658. The topological polar surface area (TPSA) is 17.1 Å². The zero-order valence-corrected chi connectivity index (χ0v) is 8.33. The maximum atomic E-state index is 10.8. The van der Waals surface area contributed by atoms with Crippen molar-refractivity contribution in [2.24, 2.45) is 29.1 Å². The highest BCUT2D eigenvalue weighted by atomic mass is 16.1. The van der Waals surface area contributed by atoms with Crippen LogP contribution in [0, 0.1) is 29.1 Å². The Labute approximate surface area is 79.9 Å². The van der Waals surface area contributed by atoms with Gasteiger partial charge in [0.15, 0.2) is 0 Å². The third-order valence-corrected chi connectivity index (χ3v) is 5.03. The molecule has 3 saturated carbocycles. The highest BCUT2D eigenvalue weighted by Gasteiger charge is 2.62. The third kappa shape index (κ3) is 0.858. The lowest BCUT2D eigenvalue weighted by molar-refractivity contribution is -0.111. The molecule has 72 valence electrons. The first-order valence-electron chi connectivity index (χ1n) is 5.70. The Morgan fingerprint density at radius 1 is 1.15 bits per heavy atom. The van der Waals surface area contributed by atoms with Crippen LogP contribution in [0.15, 0.2) is 0 Å². The number of carbonyl (C=O) groups is 1. The molecule has 0 bridgehead atoms. The minimum absolute atomic E-state index is 0.417. The van der Waals surface area contributed by atoms with E-state index in [2.05, 4.69) is 6.92 Å². The van der Waals surface area contributed by atoms with Crippen molar-refractivity contribution in [3.8, 4) is 0 Å². The van der Waals surface area contributed by atoms with Gasteiger partial charge < -0.3 is 4.79 Å². The van der Waals surface area contributed by atoms with Gasteiger partial charge in [-0.15, -0.1) is 0 Å². The fourth-order valence-electron chi connectivity index (χ4n) is 4.66. The maximum Gasteiger partial charge on any atom is 0.123 e. The van der Waals surface area contributed by atoms with Crippen LogP contribution in [0.5, 0.6) is 0 Å². The van der Waals surface area contributed by atoms with Gasteiger partial charge in [-0.2, -0.15) is 0 Å². The number of aldehydes is 1. The van der Waals surface area contributed by atoms with Crippen LogP contribution in [-0.4, -0.2) is 6.29 Å². The summed E-state index contributed by atoms with van der Waals surface area (Å²) in [6.45, 7) is 2.39. The van der Waals surface area contributed by atoms with Gasteiger partial charge in [-0.05, 0) is 55.3 Å². The zero-order valence-electron chi connectivity index (χ0n) is 8.33. The fraction of sp³-hybridized carbons (Fsp3) is 0.917. The van der Waals surface area contributed by atoms with E-state index in [1.807, 2.05) is 0 Å². The molecule has 0 aromatic heterocycles. The normalized spacial score (nSPS) is 58.2. The van der Waals surface area contributed by atoms with Gasteiger partial charge in [0.2, 0.25) is 0 Å². The summed E-state index contributed by atoms with van der Waals surface area (Å²) in [4.78, 5) is 10.8. The van der Waals surface area contributed by atoms with Crippen molar-refractivity contribution in [2.75, 3.05) is 0 Å². The standard InChI is InChI=1S/C12H18O/c1-8-2-10-4-11-3-9(7-13)6-12(10,11)5-8/h7-11H,2-6H2,1H3. The molecule has 0 N–H and O–H groups in total. The zero-order chi connectivity index (χ0) is 9.05. The Bertz CT molecular complexity index is 248. The van der Waals surface area contributed by atoms with Gasteiger partial charge in [0.25, 0.3) is 0 Å². The van der Waals surface area contributed by atoms with Crippen LogP contribution in [0.3, 0.4) is 0 Å². The molecule has 0 aromatic carbocycles. The van der Waals surface area contributed by atoms with E-state index in [0.29, 0.717) is 11.3 Å². The first kappa shape index (κ1) is 8.02. The van der Waals surface area contributed by atoms with Crippen molar-refractivity contribution in [3.63, 3.8) is 0 Å². The summed E-state index contributed by atoms with van der Waals surface area (Å²) in [6.07, 6.45) is 7.97. The summed E-state index contributed by atoms with van der Waals surface area (Å²) < 4.78 is 0. The molecule has 1 spiro atoms. The van der Waals surface area contributed by atoms with E-state index in [0.717, 1.165) is 17.8 Å². The molecule has 0 aromatic rings. The van der Waals surface area contributed by atoms with E-state index < -0.39 is 0 Å². The van der Waals surface area contributed by atoms with Gasteiger partial charge in [-0.25, -0.2) is 0 Å². The number of carbonyl (C=O) groups excluding carboxylic acids is 1. The summed E-state index contributed by atoms with van der Waals surface area (Å²) in [5.74, 6) is 3.27. The third-order valence-electron chi connectivity index (χ3n) is 5.03. The Morgan fingerprint density at radius 3 is 2.62 bits per heavy atom. The molecule has 3 aliphatic rings. The predicted octanol–water partition coefficient (Wildman–Crippen LogP) is 2.65. The fourth-order valence-corrected chi connectivity index (χ4v) is 4.66. The molecule has 0 radical (unpaired) electrons. The first-order valence-corrected chi connectivity index (χ1v) is 5.70. The molecule has 0 saturated heterocycles. The van der Waals surface area contributed by atoms with Crippen LogP contribution in [0.2, 0.25) is 0 Å². The smallest absolute Gasteiger partial charge is 0.123 e. The molecule has 5 atom stereocenters. The van der Waals surface area contributed by atoms with Crippen LogP contribution >= 0.6 is 0 Å². The molecule has 0 heterocycles. The summed E-state index contributed by atoms with van der Waals surface area (Å²) in [5, 5.41) is 0. The average Bonchev–Trinajstić information content (AvgIpc) is 2.51. The van der Waals surface area contributed by atoms with E-state index in [1.54, 1.807) is 0 Å². The van der Waals surface area contributed by atoms with E-state index in [4.69, 9.17) is 0 Å². The van der Waals surface area contributed by atoms with Crippen molar-refractivity contribution in [1.29, 1.82) is 0 Å². The van der Waals surface area contributed by atoms with Crippen molar-refractivity contribution in [3.05, 3.63) is 0 Å². The molecule has 0 amide bonds. The lowest BCUT2D eigenvalue weighted by Crippen LogP contribution is -2.41. The van der Waals surface area contributed by atoms with Gasteiger partial charge in [0.05, 0.1) is 0 Å². The second-order valence-electron chi connectivity index (χ2n) is 5.74. The first-order chi connectivity index (χ1) is 6.24. The second kappa shape index (κ2) is 2.37. The van der Waals surface area contributed by atoms with Gasteiger partial charge in [0.1, 0.15) is 6.29 Å². The van der Waals surface area contributed by atoms with Crippen molar-refractivity contribution in [2.45, 2.75) is 39.0 Å². The van der Waals surface area contributed by atoms with Gasteiger partial charge >= 0.3 is 0 Å². The number of rotatable bonds is 1. The van der Waals surface area contributed by atoms with Crippen molar-refractivity contribution >= 4 is 6.29 Å². The predicted molar refractivity (Wildman–Crippen MR) is 51.2 cm³/mol. The highest BCUT2D eigenvalue weighted by Crippen LogP contribution is 2.70. The molecular weight excluding hydrogens is 160 g/mol. The highest BCUT2D eigenvalue weighted by molar-refractivity contribution is 5.55. The second-order valence-corrected chi connectivity index (χ2v) is 5.74. The minimum Gasteiger partial charge on any atom is -0.303 e. The molecular formula is C12H18O. The maximum absolute atomic E-state index is 10.8. The monoisotopic (exact) mass is 178 g/mol. The van der Waals surface area contributed by atoms with Crippen LogP contribution in [0.25, 0.3) is 0 Å². The minimum atomic E-state index is 0.417. The van der Waals surface area contributed by atoms with E-state index >= 15 is 0 Å². The van der Waals surface area contributed by atoms with Gasteiger partial charge in [-0.1, -0.05) is 6.92 Å². The summed E-state index contributed by atoms with van der Waals surface area (Å²) >= 11 is 0. The Kier molecular flexibility index (Phi) is 1.46. The summed E-state index contributed by atoms with van der Waals surface area (Å²) in [6, 6.07) is 0. The van der Waals surface area contributed by atoms with E-state index in [1.165, 1.54) is 38.4 Å². The molecule has 1 nitrogen and oxygen atoms in total. The van der Waals surface area contributed by atoms with E-state index in [9.17, 15) is 4.79 Å². The lowest BCUT2D eigenvalue weighted by atomic mass is 9.56. The molecule has 3 fully saturated rings. The molecule has 1 heteroatoms. The largest absolute Gasteiger partial charge is 0.303 e. The average molecular weight is 178 g/mol. The molecule has 0 aliphatic heterocycles. The van der Waals surface area contributed by atoms with Crippen LogP contribution in [0.1, 0.15) is 39.0 Å². The number of hydrogen-bond acceptors (Lipinski definition) is 1. The van der Waals surface area contributed by atoms with E-state index in [-0.39, 0.29) is 0 Å². The summed E-state index contributed by atoms with van der Waals surface area (Å²) in [7, 11) is 0. The molecule has 13 heavy (non-hydrogen) atoms. The van der Waals surface area contributed by atoms with Crippen LogP contribution in [-0.2, 0) is 4.79 Å². The Balaban J connectivity index is 1.85. The Morgan fingerprint density at radius 2 is 1.92 bits per heavy atom. The number of hydrogen-bond donors (Lipinski definition) is 0. The van der Waals surface area contributed by atoms with Crippen molar-refractivity contribution in [1.82, 2.24) is 0 Å². The van der Waals surface area contributed by atoms with Crippen molar-refractivity contribution < 1.29 is 4.79 Å². The Hall–Kier alpha value is -0.330. The van der Waals surface area contributed by atoms with Crippen LogP contribution < -0.4 is 0 Å². The lowest BCUT2D eigenvalue weighted by Gasteiger charge is -2.49. The van der Waals surface area contributed by atoms with Gasteiger partial charge in [0, 0.05) is 5.92 Å².